The van der Waals surface area contributed by atoms with Crippen LogP contribution in [0.1, 0.15) is 41.5 Å². The SMILES string of the molecule is CC1=NC(C)(C)CN1c1ccc(-c2ccc3c(c2)Oc2cccc4c2B3c2ccc(-c3ccc(N5CC(C)(C)N=C5C)nc3)cc2O4)cn1. The van der Waals surface area contributed by atoms with Crippen LogP contribution in [0.15, 0.2) is 101 Å². The van der Waals surface area contributed by atoms with Crippen LogP contribution >= 0.6 is 0 Å². The molecule has 4 aliphatic heterocycles. The lowest BCUT2D eigenvalue weighted by Crippen LogP contribution is -2.57. The van der Waals surface area contributed by atoms with Gasteiger partial charge in [0.05, 0.1) is 24.2 Å². The largest absolute Gasteiger partial charge is 0.458 e. The predicted octanol–water partition coefficient (Wildman–Crippen LogP) is 6.57. The van der Waals surface area contributed by atoms with Gasteiger partial charge in [-0.2, -0.15) is 0 Å². The maximum absolute atomic E-state index is 6.57. The Labute approximate surface area is 287 Å². The van der Waals surface area contributed by atoms with Crippen molar-refractivity contribution in [2.75, 3.05) is 22.9 Å². The van der Waals surface area contributed by atoms with Crippen LogP contribution in [0.3, 0.4) is 0 Å². The van der Waals surface area contributed by atoms with E-state index in [9.17, 15) is 0 Å². The molecule has 0 amide bonds. The Bertz CT molecular complexity index is 2070. The number of rotatable bonds is 4. The van der Waals surface area contributed by atoms with Crippen molar-refractivity contribution < 1.29 is 9.47 Å². The number of hydrogen-bond acceptors (Lipinski definition) is 8. The van der Waals surface area contributed by atoms with E-state index in [1.807, 2.05) is 44.4 Å². The van der Waals surface area contributed by atoms with E-state index in [1.165, 1.54) is 0 Å². The van der Waals surface area contributed by atoms with Crippen LogP contribution < -0.4 is 35.7 Å². The summed E-state index contributed by atoms with van der Waals surface area (Å²) in [4.78, 5) is 23.6. The lowest BCUT2D eigenvalue weighted by molar-refractivity contribution is 0.464. The Morgan fingerprint density at radius 1 is 0.571 bits per heavy atom. The number of pyridine rings is 2. The average molecular weight is 645 g/mol. The second-order valence-corrected chi connectivity index (χ2v) is 14.7. The molecule has 6 heterocycles. The van der Waals surface area contributed by atoms with Gasteiger partial charge in [-0.1, -0.05) is 30.3 Å². The molecule has 0 radical (unpaired) electrons. The van der Waals surface area contributed by atoms with Crippen molar-refractivity contribution in [3.63, 3.8) is 0 Å². The number of anilines is 2. The molecule has 0 unspecified atom stereocenters. The standard InChI is InChI=1S/C40H37BN6O2/c1-24-44-39(3,4)22-46(24)36-16-12-28(20-42-36)26-10-14-30-34(18-26)48-32-8-7-9-33-38(32)41(30)31-15-11-27(19-35(31)49-33)29-13-17-37(43-21-29)47-23-40(5,6)45-25(47)2/h7-21H,22-23H2,1-6H3. The average Bonchev–Trinajstić information content (AvgIpc) is 3.54. The molecule has 0 aliphatic carbocycles. The number of ether oxygens (including phenoxy) is 2. The van der Waals surface area contributed by atoms with E-state index in [2.05, 4.69) is 98.2 Å². The molecule has 0 fully saturated rings. The number of fused-ring (bicyclic) bond motifs is 4. The Kier molecular flexibility index (Phi) is 6.38. The summed E-state index contributed by atoms with van der Waals surface area (Å²) < 4.78 is 13.1. The van der Waals surface area contributed by atoms with Crippen molar-refractivity contribution >= 4 is 46.4 Å². The summed E-state index contributed by atoms with van der Waals surface area (Å²) in [6.07, 6.45) is 3.88. The van der Waals surface area contributed by atoms with Gasteiger partial charge in [-0.3, -0.25) is 9.98 Å². The molecule has 0 atom stereocenters. The Hall–Kier alpha value is -5.44. The smallest absolute Gasteiger partial charge is 0.260 e. The van der Waals surface area contributed by atoms with Crippen LogP contribution in [0.2, 0.25) is 0 Å². The molecule has 8 nitrogen and oxygen atoms in total. The van der Waals surface area contributed by atoms with Crippen molar-refractivity contribution in [3.05, 3.63) is 91.3 Å². The van der Waals surface area contributed by atoms with Gasteiger partial charge < -0.3 is 19.3 Å². The van der Waals surface area contributed by atoms with E-state index < -0.39 is 0 Å². The highest BCUT2D eigenvalue weighted by atomic mass is 16.5. The van der Waals surface area contributed by atoms with Gasteiger partial charge >= 0.3 is 0 Å². The van der Waals surface area contributed by atoms with Gasteiger partial charge in [0, 0.05) is 29.0 Å². The quantitative estimate of drug-likeness (QED) is 0.202. The number of hydrogen-bond donors (Lipinski definition) is 0. The molecule has 2 aromatic heterocycles. The maximum atomic E-state index is 6.57. The zero-order chi connectivity index (χ0) is 33.7. The van der Waals surface area contributed by atoms with Crippen LogP contribution in [-0.4, -0.2) is 52.5 Å². The normalized spacial score (nSPS) is 17.8. The summed E-state index contributed by atoms with van der Waals surface area (Å²) in [6.45, 7) is 14.3. The Morgan fingerprint density at radius 2 is 1.02 bits per heavy atom. The molecule has 4 aliphatic rings. The van der Waals surface area contributed by atoms with Crippen LogP contribution in [0.4, 0.5) is 11.6 Å². The first kappa shape index (κ1) is 29.7. The highest BCUT2D eigenvalue weighted by Crippen LogP contribution is 2.37. The minimum absolute atomic E-state index is 0.00984. The van der Waals surface area contributed by atoms with Crippen LogP contribution in [0, 0.1) is 0 Å². The fraction of sp³-hybridized carbons (Fsp3) is 0.250. The molecule has 0 spiro atoms. The van der Waals surface area contributed by atoms with E-state index in [1.54, 1.807) is 0 Å². The summed E-state index contributed by atoms with van der Waals surface area (Å²) >= 11 is 0. The zero-order valence-corrected chi connectivity index (χ0v) is 28.7. The van der Waals surface area contributed by atoms with Gasteiger partial charge in [-0.15, -0.1) is 0 Å². The summed E-state index contributed by atoms with van der Waals surface area (Å²) in [5.41, 5.74) is 7.28. The topological polar surface area (TPSA) is 75.4 Å². The minimum Gasteiger partial charge on any atom is -0.458 e. The molecule has 242 valence electrons. The highest BCUT2D eigenvalue weighted by Gasteiger charge is 2.40. The Morgan fingerprint density at radius 3 is 1.41 bits per heavy atom. The molecule has 0 saturated carbocycles. The molecule has 9 rings (SSSR count). The third-order valence-electron chi connectivity index (χ3n) is 9.92. The number of aliphatic imine (C=N–C) groups is 2. The van der Waals surface area contributed by atoms with Crippen molar-refractivity contribution in [1.82, 2.24) is 9.97 Å². The first-order chi connectivity index (χ1) is 23.5. The fourth-order valence-electron chi connectivity index (χ4n) is 7.78. The van der Waals surface area contributed by atoms with Gasteiger partial charge in [0.15, 0.2) is 0 Å². The van der Waals surface area contributed by atoms with Gasteiger partial charge in [0.1, 0.15) is 46.3 Å². The number of nitrogens with zero attached hydrogens (tertiary/aromatic N) is 6. The van der Waals surface area contributed by atoms with Crippen molar-refractivity contribution in [3.8, 4) is 45.3 Å². The highest BCUT2D eigenvalue weighted by molar-refractivity contribution is 6.98. The number of benzene rings is 3. The summed E-state index contributed by atoms with van der Waals surface area (Å²) in [5.74, 6) is 7.16. The van der Waals surface area contributed by atoms with Crippen LogP contribution in [0.5, 0.6) is 23.0 Å². The summed E-state index contributed by atoms with van der Waals surface area (Å²) in [7, 11) is 0. The van der Waals surface area contributed by atoms with Crippen molar-refractivity contribution in [2.45, 2.75) is 52.6 Å². The molecule has 3 aromatic carbocycles. The third kappa shape index (κ3) is 4.98. The molecular formula is C40H37BN6O2. The first-order valence-corrected chi connectivity index (χ1v) is 16.9. The first-order valence-electron chi connectivity index (χ1n) is 16.9. The van der Waals surface area contributed by atoms with E-state index >= 15 is 0 Å². The number of amidine groups is 2. The molecule has 0 saturated heterocycles. The zero-order valence-electron chi connectivity index (χ0n) is 28.7. The molecule has 0 bridgehead atoms. The van der Waals surface area contributed by atoms with Crippen LogP contribution in [0.25, 0.3) is 22.3 Å². The summed E-state index contributed by atoms with van der Waals surface area (Å²) in [5, 5.41) is 0. The maximum Gasteiger partial charge on any atom is 0.260 e. The third-order valence-corrected chi connectivity index (χ3v) is 9.92. The van der Waals surface area contributed by atoms with Crippen molar-refractivity contribution in [2.24, 2.45) is 9.98 Å². The van der Waals surface area contributed by atoms with Gasteiger partial charge in [0.2, 0.25) is 0 Å². The summed E-state index contributed by atoms with van der Waals surface area (Å²) in [6, 6.07) is 27.5. The fourth-order valence-corrected chi connectivity index (χ4v) is 7.78. The van der Waals surface area contributed by atoms with Crippen LogP contribution in [-0.2, 0) is 0 Å². The van der Waals surface area contributed by atoms with E-state index in [0.717, 1.165) is 98.0 Å². The lowest BCUT2D eigenvalue weighted by atomic mass is 9.35. The van der Waals surface area contributed by atoms with Gasteiger partial charge in [-0.25, -0.2) is 9.97 Å². The second-order valence-electron chi connectivity index (χ2n) is 14.7. The predicted molar refractivity (Wildman–Crippen MR) is 200 cm³/mol. The monoisotopic (exact) mass is 644 g/mol. The van der Waals surface area contributed by atoms with Gasteiger partial charge in [0.25, 0.3) is 6.71 Å². The number of aromatic nitrogens is 2. The van der Waals surface area contributed by atoms with Crippen molar-refractivity contribution in [1.29, 1.82) is 0 Å². The minimum atomic E-state index is -0.107. The van der Waals surface area contributed by atoms with Gasteiger partial charge in [-0.05, 0) is 112 Å². The second kappa shape index (κ2) is 10.5. The molecule has 49 heavy (non-hydrogen) atoms. The van der Waals surface area contributed by atoms with E-state index in [-0.39, 0.29) is 17.8 Å². The molecule has 5 aromatic rings. The van der Waals surface area contributed by atoms with E-state index in [0.29, 0.717) is 0 Å². The lowest BCUT2D eigenvalue weighted by Gasteiger charge is -2.33. The molecule has 9 heteroatoms. The molecular weight excluding hydrogens is 607 g/mol. The molecule has 0 N–H and O–H groups in total. The Balaban J connectivity index is 1.03. The van der Waals surface area contributed by atoms with E-state index in [4.69, 9.17) is 29.4 Å².